The fourth-order valence-corrected chi connectivity index (χ4v) is 0. The fraction of sp³-hybridized carbons (Fsp3) is 1.00. The van der Waals surface area contributed by atoms with Gasteiger partial charge in [-0.25, -0.2) is 0 Å². The SMILES string of the molecule is C[CH2][Ge]([Br])[Br]. The number of halogens is 2. The molecule has 0 aliphatic carbocycles. The minimum atomic E-state index is -0.731. The van der Waals surface area contributed by atoms with Gasteiger partial charge in [0.1, 0.15) is 0 Å². The second-order valence-corrected chi connectivity index (χ2v) is 19.1. The van der Waals surface area contributed by atoms with Crippen LogP contribution in [0, 0.1) is 0 Å². The first kappa shape index (κ1) is 6.50. The topological polar surface area (TPSA) is 0 Å². The molecule has 0 aliphatic rings. The molecular formula is C2H5Br2Ge. The molecule has 0 amide bonds. The third-order valence-electron chi connectivity index (χ3n) is 0.267. The summed E-state index contributed by atoms with van der Waals surface area (Å²) in [6.07, 6.45) is 0. The molecule has 0 atom stereocenters. The van der Waals surface area contributed by atoms with Crippen molar-refractivity contribution in [3.8, 4) is 0 Å². The predicted molar refractivity (Wildman–Crippen MR) is 34.1 cm³/mol. The van der Waals surface area contributed by atoms with Crippen molar-refractivity contribution in [1.29, 1.82) is 0 Å². The van der Waals surface area contributed by atoms with Crippen LogP contribution in [0.1, 0.15) is 6.92 Å². The van der Waals surface area contributed by atoms with Gasteiger partial charge in [-0.2, -0.15) is 0 Å². The van der Waals surface area contributed by atoms with Gasteiger partial charge in [-0.3, -0.25) is 0 Å². The van der Waals surface area contributed by atoms with E-state index in [4.69, 9.17) is 0 Å². The van der Waals surface area contributed by atoms with Crippen LogP contribution in [0.15, 0.2) is 0 Å². The van der Waals surface area contributed by atoms with Crippen LogP contribution in [0.4, 0.5) is 0 Å². The summed E-state index contributed by atoms with van der Waals surface area (Å²) in [5.74, 6) is 0. The summed E-state index contributed by atoms with van der Waals surface area (Å²) >= 11 is 6.91. The van der Waals surface area contributed by atoms with Crippen molar-refractivity contribution < 1.29 is 0 Å². The van der Waals surface area contributed by atoms with E-state index in [1.807, 2.05) is 0 Å². The van der Waals surface area contributed by atoms with Crippen LogP contribution in [0.25, 0.3) is 0 Å². The molecule has 0 bridgehead atoms. The summed E-state index contributed by atoms with van der Waals surface area (Å²) in [6.45, 7) is 2.18. The molecule has 0 saturated heterocycles. The minimum absolute atomic E-state index is 0.731. The van der Waals surface area contributed by atoms with Crippen molar-refractivity contribution in [2.45, 2.75) is 12.2 Å². The molecule has 0 N–H and O–H groups in total. The second kappa shape index (κ2) is 3.68. The van der Waals surface area contributed by atoms with E-state index in [2.05, 4.69) is 34.9 Å². The van der Waals surface area contributed by atoms with Crippen LogP contribution < -0.4 is 0 Å². The van der Waals surface area contributed by atoms with Gasteiger partial charge in [-0.05, 0) is 0 Å². The maximum atomic E-state index is 3.46. The molecule has 0 aromatic carbocycles. The molecular weight excluding hydrogens is 256 g/mol. The molecule has 0 fully saturated rings. The summed E-state index contributed by atoms with van der Waals surface area (Å²) in [7, 11) is -0.731. The Balaban J connectivity index is 2.54. The van der Waals surface area contributed by atoms with Crippen molar-refractivity contribution in [3.05, 3.63) is 0 Å². The van der Waals surface area contributed by atoms with Crippen molar-refractivity contribution in [2.24, 2.45) is 0 Å². The standard InChI is InChI=1S/C2H5Br2Ge/c1-2-5(3)4/h2H2,1H3. The Morgan fingerprint density at radius 3 is 1.80 bits per heavy atom. The molecule has 5 heavy (non-hydrogen) atoms. The fourth-order valence-electron chi connectivity index (χ4n) is 0. The zero-order valence-corrected chi connectivity index (χ0v) is 8.23. The third kappa shape index (κ3) is 5.50. The van der Waals surface area contributed by atoms with Gasteiger partial charge in [0.05, 0.1) is 0 Å². The molecule has 0 aromatic heterocycles. The van der Waals surface area contributed by atoms with E-state index in [0.717, 1.165) is 0 Å². The van der Waals surface area contributed by atoms with Crippen LogP contribution in [0.2, 0.25) is 5.25 Å². The Morgan fingerprint density at radius 2 is 1.80 bits per heavy atom. The molecule has 0 spiro atoms. The van der Waals surface area contributed by atoms with Crippen molar-refractivity contribution in [1.82, 2.24) is 0 Å². The van der Waals surface area contributed by atoms with Gasteiger partial charge in [0.2, 0.25) is 0 Å². The van der Waals surface area contributed by atoms with E-state index < -0.39 is 10.7 Å². The first-order valence-corrected chi connectivity index (χ1v) is 12.7. The van der Waals surface area contributed by atoms with E-state index in [-0.39, 0.29) is 0 Å². The van der Waals surface area contributed by atoms with Gasteiger partial charge >= 0.3 is 50.9 Å². The van der Waals surface area contributed by atoms with Gasteiger partial charge in [-0.1, -0.05) is 0 Å². The zero-order chi connectivity index (χ0) is 4.28. The average molecular weight is 261 g/mol. The number of hydrogen-bond donors (Lipinski definition) is 0. The zero-order valence-electron chi connectivity index (χ0n) is 2.96. The first-order valence-electron chi connectivity index (χ1n) is 1.44. The van der Waals surface area contributed by atoms with Crippen LogP contribution in [-0.4, -0.2) is 10.7 Å². The van der Waals surface area contributed by atoms with Crippen LogP contribution >= 0.6 is 28.0 Å². The normalized spacial score (nSPS) is 9.60. The first-order chi connectivity index (χ1) is 2.27. The summed E-state index contributed by atoms with van der Waals surface area (Å²) in [5.41, 5.74) is 0. The summed E-state index contributed by atoms with van der Waals surface area (Å²) < 4.78 is 0. The van der Waals surface area contributed by atoms with Gasteiger partial charge in [-0.15, -0.1) is 0 Å². The third-order valence-corrected chi connectivity index (χ3v) is 7.22. The molecule has 0 aromatic rings. The summed E-state index contributed by atoms with van der Waals surface area (Å²) in [6, 6.07) is 0. The number of hydrogen-bond acceptors (Lipinski definition) is 0. The van der Waals surface area contributed by atoms with Gasteiger partial charge in [0.15, 0.2) is 0 Å². The van der Waals surface area contributed by atoms with E-state index in [1.165, 1.54) is 5.25 Å². The Hall–Kier alpha value is 1.50. The quantitative estimate of drug-likeness (QED) is 0.635. The van der Waals surface area contributed by atoms with E-state index in [1.54, 1.807) is 0 Å². The molecule has 0 heterocycles. The Kier molecular flexibility index (Phi) is 4.79. The van der Waals surface area contributed by atoms with Crippen LogP contribution in [0.3, 0.4) is 0 Å². The molecule has 31 valence electrons. The van der Waals surface area contributed by atoms with Crippen LogP contribution in [-0.2, 0) is 0 Å². The van der Waals surface area contributed by atoms with E-state index >= 15 is 0 Å². The Bertz CT molecular complexity index is 21.6. The van der Waals surface area contributed by atoms with Crippen molar-refractivity contribution >= 4 is 38.7 Å². The Labute approximate surface area is 50.7 Å². The van der Waals surface area contributed by atoms with Crippen molar-refractivity contribution in [3.63, 3.8) is 0 Å². The summed E-state index contributed by atoms with van der Waals surface area (Å²) in [4.78, 5) is 0. The summed E-state index contributed by atoms with van der Waals surface area (Å²) in [5, 5.41) is 1.31. The van der Waals surface area contributed by atoms with Gasteiger partial charge in [0.25, 0.3) is 0 Å². The maximum absolute atomic E-state index is 3.46. The predicted octanol–water partition coefficient (Wildman–Crippen LogP) is 2.28. The van der Waals surface area contributed by atoms with E-state index in [0.29, 0.717) is 0 Å². The van der Waals surface area contributed by atoms with Gasteiger partial charge in [0, 0.05) is 0 Å². The molecule has 0 saturated carbocycles. The van der Waals surface area contributed by atoms with Crippen LogP contribution in [0.5, 0.6) is 0 Å². The monoisotopic (exact) mass is 261 g/mol. The number of rotatable bonds is 1. The van der Waals surface area contributed by atoms with E-state index in [9.17, 15) is 0 Å². The second-order valence-electron chi connectivity index (χ2n) is 0.692. The molecule has 3 heteroatoms. The molecule has 0 aliphatic heterocycles. The van der Waals surface area contributed by atoms with Gasteiger partial charge < -0.3 is 0 Å². The van der Waals surface area contributed by atoms with Crippen molar-refractivity contribution in [2.75, 3.05) is 0 Å². The molecule has 0 nitrogen and oxygen atoms in total. The average Bonchev–Trinajstić information content (AvgIpc) is 1.38. The molecule has 0 rings (SSSR count). The molecule has 1 radical (unpaired) electrons. The molecule has 0 unspecified atom stereocenters. The Morgan fingerprint density at radius 1 is 1.60 bits per heavy atom.